The Labute approximate surface area is 81.9 Å². The van der Waals surface area contributed by atoms with Crippen LogP contribution < -0.4 is 10.5 Å². The first-order valence-electron chi connectivity index (χ1n) is 4.54. The van der Waals surface area contributed by atoms with Crippen molar-refractivity contribution in [3.05, 3.63) is 23.8 Å². The molecule has 0 aliphatic carbocycles. The first kappa shape index (κ1) is 9.30. The highest BCUT2D eigenvalue weighted by atomic mass is 16.5. The molecule has 0 radical (unpaired) electrons. The van der Waals surface area contributed by atoms with Crippen LogP contribution in [0.4, 0.5) is 0 Å². The zero-order chi connectivity index (χ0) is 10.2. The Bertz CT molecular complexity index is 353. The Hall–Kier alpha value is -1.26. The van der Waals surface area contributed by atoms with Gasteiger partial charge in [-0.05, 0) is 25.1 Å². The molecule has 1 aromatic rings. The van der Waals surface area contributed by atoms with Gasteiger partial charge in [0.2, 0.25) is 0 Å². The van der Waals surface area contributed by atoms with E-state index in [2.05, 4.69) is 0 Å². The van der Waals surface area contributed by atoms with E-state index in [4.69, 9.17) is 10.5 Å². The second-order valence-electron chi connectivity index (χ2n) is 3.54. The lowest BCUT2D eigenvalue weighted by molar-refractivity contribution is 0.0107. The Kier molecular flexibility index (Phi) is 2.09. The number of nitrogens with two attached hydrogens (primary N) is 1. The molecule has 0 fully saturated rings. The SMILES string of the molecule is NCCC1(O)COc2cc(O)ccc21. The third kappa shape index (κ3) is 1.32. The number of hydrogen-bond acceptors (Lipinski definition) is 4. The molecule has 2 rings (SSSR count). The van der Waals surface area contributed by atoms with Gasteiger partial charge in [-0.25, -0.2) is 0 Å². The van der Waals surface area contributed by atoms with Gasteiger partial charge >= 0.3 is 0 Å². The smallest absolute Gasteiger partial charge is 0.129 e. The van der Waals surface area contributed by atoms with Crippen LogP contribution in [-0.2, 0) is 5.60 Å². The van der Waals surface area contributed by atoms with Crippen LogP contribution in [-0.4, -0.2) is 23.4 Å². The number of rotatable bonds is 2. The predicted octanol–water partition coefficient (Wildman–Crippen LogP) is 0.321. The predicted molar refractivity (Wildman–Crippen MR) is 51.2 cm³/mol. The van der Waals surface area contributed by atoms with Crippen molar-refractivity contribution in [1.82, 2.24) is 0 Å². The quantitative estimate of drug-likeness (QED) is 0.635. The van der Waals surface area contributed by atoms with Gasteiger partial charge in [0.05, 0.1) is 0 Å². The van der Waals surface area contributed by atoms with E-state index in [1.165, 1.54) is 12.1 Å². The van der Waals surface area contributed by atoms with Crippen molar-refractivity contribution in [1.29, 1.82) is 0 Å². The van der Waals surface area contributed by atoms with Crippen LogP contribution in [0.1, 0.15) is 12.0 Å². The number of benzene rings is 1. The molecule has 0 saturated carbocycles. The first-order chi connectivity index (χ1) is 6.65. The van der Waals surface area contributed by atoms with Crippen LogP contribution in [0.2, 0.25) is 0 Å². The fourth-order valence-corrected chi connectivity index (χ4v) is 1.74. The van der Waals surface area contributed by atoms with E-state index in [1.807, 2.05) is 0 Å². The molecule has 0 aromatic heterocycles. The highest BCUT2D eigenvalue weighted by Gasteiger charge is 2.37. The molecule has 0 saturated heterocycles. The lowest BCUT2D eigenvalue weighted by Gasteiger charge is -2.19. The fourth-order valence-electron chi connectivity index (χ4n) is 1.74. The van der Waals surface area contributed by atoms with Gasteiger partial charge in [-0.1, -0.05) is 0 Å². The number of aliphatic hydroxyl groups is 1. The van der Waals surface area contributed by atoms with Gasteiger partial charge in [0, 0.05) is 11.6 Å². The van der Waals surface area contributed by atoms with E-state index in [0.29, 0.717) is 24.3 Å². The molecule has 4 heteroatoms. The third-order valence-corrected chi connectivity index (χ3v) is 2.49. The normalized spacial score (nSPS) is 24.4. The largest absolute Gasteiger partial charge is 0.508 e. The molecule has 1 heterocycles. The Morgan fingerprint density at radius 3 is 3.00 bits per heavy atom. The van der Waals surface area contributed by atoms with Crippen LogP contribution >= 0.6 is 0 Å². The van der Waals surface area contributed by atoms with E-state index in [9.17, 15) is 10.2 Å². The summed E-state index contributed by atoms with van der Waals surface area (Å²) in [6.45, 7) is 0.614. The Balaban J connectivity index is 2.39. The molecule has 4 nitrogen and oxygen atoms in total. The average molecular weight is 195 g/mol. The van der Waals surface area contributed by atoms with Crippen molar-refractivity contribution in [2.75, 3.05) is 13.2 Å². The molecule has 1 aliphatic heterocycles. The molecule has 0 amide bonds. The molecule has 76 valence electrons. The van der Waals surface area contributed by atoms with Gasteiger partial charge in [-0.15, -0.1) is 0 Å². The van der Waals surface area contributed by atoms with Gasteiger partial charge in [0.25, 0.3) is 0 Å². The van der Waals surface area contributed by atoms with Gasteiger partial charge < -0.3 is 20.7 Å². The topological polar surface area (TPSA) is 75.7 Å². The van der Waals surface area contributed by atoms with E-state index < -0.39 is 5.60 Å². The number of aromatic hydroxyl groups is 1. The Morgan fingerprint density at radius 1 is 1.50 bits per heavy atom. The van der Waals surface area contributed by atoms with Crippen molar-refractivity contribution >= 4 is 0 Å². The van der Waals surface area contributed by atoms with Crippen LogP contribution in [0.5, 0.6) is 11.5 Å². The highest BCUT2D eigenvalue weighted by Crippen LogP contribution is 2.40. The second kappa shape index (κ2) is 3.15. The molecular formula is C10H13NO3. The maximum atomic E-state index is 10.1. The van der Waals surface area contributed by atoms with Gasteiger partial charge in [-0.2, -0.15) is 0 Å². The molecule has 4 N–H and O–H groups in total. The van der Waals surface area contributed by atoms with Crippen molar-refractivity contribution in [3.63, 3.8) is 0 Å². The zero-order valence-electron chi connectivity index (χ0n) is 7.73. The average Bonchev–Trinajstić information content (AvgIpc) is 2.44. The molecule has 0 bridgehead atoms. The third-order valence-electron chi connectivity index (χ3n) is 2.49. The number of hydrogen-bond donors (Lipinski definition) is 3. The number of phenolic OH excluding ortho intramolecular Hbond substituents is 1. The zero-order valence-corrected chi connectivity index (χ0v) is 7.73. The van der Waals surface area contributed by atoms with Crippen molar-refractivity contribution < 1.29 is 14.9 Å². The number of ether oxygens (including phenoxy) is 1. The van der Waals surface area contributed by atoms with Crippen molar-refractivity contribution in [3.8, 4) is 11.5 Å². The van der Waals surface area contributed by atoms with Gasteiger partial charge in [0.15, 0.2) is 0 Å². The van der Waals surface area contributed by atoms with E-state index in [-0.39, 0.29) is 12.4 Å². The number of phenols is 1. The minimum atomic E-state index is -0.988. The van der Waals surface area contributed by atoms with Crippen LogP contribution in [0, 0.1) is 0 Å². The molecule has 14 heavy (non-hydrogen) atoms. The minimum Gasteiger partial charge on any atom is -0.508 e. The van der Waals surface area contributed by atoms with Crippen molar-refractivity contribution in [2.45, 2.75) is 12.0 Å². The summed E-state index contributed by atoms with van der Waals surface area (Å²) in [6, 6.07) is 4.71. The van der Waals surface area contributed by atoms with Gasteiger partial charge in [-0.3, -0.25) is 0 Å². The summed E-state index contributed by atoms with van der Waals surface area (Å²) >= 11 is 0. The van der Waals surface area contributed by atoms with Crippen molar-refractivity contribution in [2.24, 2.45) is 5.73 Å². The van der Waals surface area contributed by atoms with Crippen LogP contribution in [0.25, 0.3) is 0 Å². The van der Waals surface area contributed by atoms with E-state index >= 15 is 0 Å². The lowest BCUT2D eigenvalue weighted by atomic mass is 9.93. The Morgan fingerprint density at radius 2 is 2.29 bits per heavy atom. The monoisotopic (exact) mass is 195 g/mol. The number of fused-ring (bicyclic) bond motifs is 1. The minimum absolute atomic E-state index is 0.140. The summed E-state index contributed by atoms with van der Waals surface area (Å²) in [4.78, 5) is 0. The van der Waals surface area contributed by atoms with E-state index in [0.717, 1.165) is 0 Å². The summed E-state index contributed by atoms with van der Waals surface area (Å²) in [5, 5.41) is 19.4. The molecule has 0 spiro atoms. The standard InChI is InChI=1S/C10H13NO3/c11-4-3-10(13)6-14-9-5-7(12)1-2-8(9)10/h1-2,5,12-13H,3-4,6,11H2. The second-order valence-corrected chi connectivity index (χ2v) is 3.54. The lowest BCUT2D eigenvalue weighted by Crippen LogP contribution is -2.30. The molecule has 1 aliphatic rings. The summed E-state index contributed by atoms with van der Waals surface area (Å²) < 4.78 is 5.28. The molecule has 1 atom stereocenters. The van der Waals surface area contributed by atoms with Crippen LogP contribution in [0.15, 0.2) is 18.2 Å². The highest BCUT2D eigenvalue weighted by molar-refractivity contribution is 5.46. The molecule has 1 unspecified atom stereocenters. The maximum Gasteiger partial charge on any atom is 0.129 e. The van der Waals surface area contributed by atoms with Crippen LogP contribution in [0.3, 0.4) is 0 Å². The van der Waals surface area contributed by atoms with Gasteiger partial charge in [0.1, 0.15) is 23.7 Å². The summed E-state index contributed by atoms with van der Waals surface area (Å²) in [7, 11) is 0. The first-order valence-corrected chi connectivity index (χ1v) is 4.54. The summed E-state index contributed by atoms with van der Waals surface area (Å²) in [5.41, 5.74) is 5.14. The maximum absolute atomic E-state index is 10.1. The molecular weight excluding hydrogens is 182 g/mol. The summed E-state index contributed by atoms with van der Waals surface area (Å²) in [6.07, 6.45) is 0.463. The fraction of sp³-hybridized carbons (Fsp3) is 0.400. The summed E-state index contributed by atoms with van der Waals surface area (Å²) in [5.74, 6) is 0.682. The molecule has 1 aromatic carbocycles. The van der Waals surface area contributed by atoms with E-state index in [1.54, 1.807) is 6.07 Å².